The topological polar surface area (TPSA) is 79.5 Å². The Morgan fingerprint density at radius 3 is 2.68 bits per heavy atom. The van der Waals surface area contributed by atoms with Gasteiger partial charge in [-0.15, -0.1) is 11.3 Å². The molecule has 0 N–H and O–H groups in total. The van der Waals surface area contributed by atoms with Crippen molar-refractivity contribution in [3.8, 4) is 0 Å². The summed E-state index contributed by atoms with van der Waals surface area (Å²) in [7, 11) is 0. The molecule has 0 radical (unpaired) electrons. The van der Waals surface area contributed by atoms with E-state index in [1.165, 1.54) is 23.1 Å². The van der Waals surface area contributed by atoms with Gasteiger partial charge < -0.3 is 14.2 Å². The third-order valence-electron chi connectivity index (χ3n) is 4.63. The van der Waals surface area contributed by atoms with Crippen LogP contribution in [0.25, 0.3) is 11.1 Å². The first-order chi connectivity index (χ1) is 13.5. The summed E-state index contributed by atoms with van der Waals surface area (Å²) in [6.07, 6.45) is 0. The molecule has 3 aromatic rings. The Kier molecular flexibility index (Phi) is 5.36. The third-order valence-corrected chi connectivity index (χ3v) is 6.50. The minimum Gasteiger partial charge on any atom is -0.431 e. The summed E-state index contributed by atoms with van der Waals surface area (Å²) in [5.74, 6) is 0.574. The molecule has 28 heavy (non-hydrogen) atoms. The van der Waals surface area contributed by atoms with Crippen LogP contribution >= 0.6 is 23.1 Å². The largest absolute Gasteiger partial charge is 0.431 e. The number of piperazine rings is 1. The predicted molar refractivity (Wildman–Crippen MR) is 109 cm³/mol. The smallest absolute Gasteiger partial charge is 0.273 e. The summed E-state index contributed by atoms with van der Waals surface area (Å²) < 4.78 is 5.74. The number of thiazole rings is 1. The standard InChI is InChI=1S/C19H20N4O3S2/c1-12-3-4-16-14(9-12)21-19(26-16)28-11-17-20-15(10-27-17)18(25)23-7-5-22(6-8-23)13(2)24/h3-4,9-10H,5-8,11H2,1-2H3. The van der Waals surface area contributed by atoms with E-state index in [1.807, 2.05) is 25.1 Å². The van der Waals surface area contributed by atoms with Gasteiger partial charge >= 0.3 is 0 Å². The second kappa shape index (κ2) is 7.92. The van der Waals surface area contributed by atoms with Crippen molar-refractivity contribution in [1.82, 2.24) is 19.8 Å². The average Bonchev–Trinajstić information content (AvgIpc) is 3.32. The summed E-state index contributed by atoms with van der Waals surface area (Å²) in [6, 6.07) is 5.92. The maximum atomic E-state index is 12.6. The number of carbonyl (C=O) groups is 2. The molecule has 7 nitrogen and oxygen atoms in total. The number of oxazole rings is 1. The zero-order chi connectivity index (χ0) is 19.7. The molecule has 1 aliphatic rings. The molecule has 146 valence electrons. The van der Waals surface area contributed by atoms with Crippen molar-refractivity contribution in [3.63, 3.8) is 0 Å². The molecule has 9 heteroatoms. The lowest BCUT2D eigenvalue weighted by Crippen LogP contribution is -2.50. The van der Waals surface area contributed by atoms with E-state index in [1.54, 1.807) is 22.1 Å². The zero-order valence-electron chi connectivity index (χ0n) is 15.7. The molecule has 1 fully saturated rings. The highest BCUT2D eigenvalue weighted by molar-refractivity contribution is 7.98. The Balaban J connectivity index is 1.36. The Labute approximate surface area is 170 Å². The SMILES string of the molecule is CC(=O)N1CCN(C(=O)c2csc(CSc3nc4cc(C)ccc4o3)n2)CC1. The third kappa shape index (κ3) is 4.05. The molecule has 0 spiro atoms. The van der Waals surface area contributed by atoms with Crippen LogP contribution in [0.3, 0.4) is 0 Å². The first kappa shape index (κ1) is 18.9. The number of hydrogen-bond donors (Lipinski definition) is 0. The van der Waals surface area contributed by atoms with Gasteiger partial charge in [-0.3, -0.25) is 9.59 Å². The van der Waals surface area contributed by atoms with Crippen LogP contribution in [-0.2, 0) is 10.5 Å². The number of amides is 2. The number of aryl methyl sites for hydroxylation is 1. The second-order valence-electron chi connectivity index (χ2n) is 6.66. The van der Waals surface area contributed by atoms with Crippen molar-refractivity contribution < 1.29 is 14.0 Å². The van der Waals surface area contributed by atoms with E-state index >= 15 is 0 Å². The average molecular weight is 417 g/mol. The Morgan fingerprint density at radius 2 is 1.93 bits per heavy atom. The van der Waals surface area contributed by atoms with Gasteiger partial charge in [0.25, 0.3) is 11.1 Å². The highest BCUT2D eigenvalue weighted by atomic mass is 32.2. The van der Waals surface area contributed by atoms with Crippen LogP contribution in [0.4, 0.5) is 0 Å². The van der Waals surface area contributed by atoms with Gasteiger partial charge in [-0.05, 0) is 24.6 Å². The van der Waals surface area contributed by atoms with Crippen molar-refractivity contribution in [1.29, 1.82) is 0 Å². The highest BCUT2D eigenvalue weighted by Crippen LogP contribution is 2.28. The minimum atomic E-state index is -0.0759. The van der Waals surface area contributed by atoms with Crippen LogP contribution in [-0.4, -0.2) is 57.8 Å². The molecule has 4 rings (SSSR count). The summed E-state index contributed by atoms with van der Waals surface area (Å²) in [5.41, 5.74) is 3.23. The van der Waals surface area contributed by atoms with Gasteiger partial charge in [0.05, 0.1) is 5.75 Å². The number of rotatable bonds is 4. The number of aromatic nitrogens is 2. The highest BCUT2D eigenvalue weighted by Gasteiger charge is 2.24. The summed E-state index contributed by atoms with van der Waals surface area (Å²) in [5, 5.41) is 3.25. The lowest BCUT2D eigenvalue weighted by Gasteiger charge is -2.33. The zero-order valence-corrected chi connectivity index (χ0v) is 17.3. The van der Waals surface area contributed by atoms with E-state index in [9.17, 15) is 9.59 Å². The maximum Gasteiger partial charge on any atom is 0.273 e. The Hall–Kier alpha value is -2.39. The molecule has 1 aromatic carbocycles. The number of benzene rings is 1. The van der Waals surface area contributed by atoms with E-state index in [0.29, 0.717) is 42.8 Å². The quantitative estimate of drug-likeness (QED) is 0.608. The molecule has 0 atom stereocenters. The normalized spacial score (nSPS) is 14.6. The predicted octanol–water partition coefficient (Wildman–Crippen LogP) is 3.19. The summed E-state index contributed by atoms with van der Waals surface area (Å²) in [4.78, 5) is 36.5. The van der Waals surface area contributed by atoms with E-state index in [-0.39, 0.29) is 11.8 Å². The van der Waals surface area contributed by atoms with E-state index in [2.05, 4.69) is 9.97 Å². The lowest BCUT2D eigenvalue weighted by molar-refractivity contribution is -0.130. The first-order valence-electron chi connectivity index (χ1n) is 8.99. The molecular formula is C19H20N4O3S2. The van der Waals surface area contributed by atoms with Crippen molar-refractivity contribution in [2.75, 3.05) is 26.2 Å². The molecule has 1 saturated heterocycles. The van der Waals surface area contributed by atoms with Crippen LogP contribution in [0.15, 0.2) is 33.2 Å². The monoisotopic (exact) mass is 416 g/mol. The van der Waals surface area contributed by atoms with Crippen molar-refractivity contribution in [2.45, 2.75) is 24.8 Å². The lowest BCUT2D eigenvalue weighted by atomic mass is 10.2. The fourth-order valence-electron chi connectivity index (χ4n) is 3.06. The molecule has 1 aliphatic heterocycles. The summed E-state index contributed by atoms with van der Waals surface area (Å²) in [6.45, 7) is 5.82. The fourth-order valence-corrected chi connectivity index (χ4v) is 4.69. The second-order valence-corrected chi connectivity index (χ2v) is 8.53. The summed E-state index contributed by atoms with van der Waals surface area (Å²) >= 11 is 2.93. The Morgan fingerprint density at radius 1 is 1.18 bits per heavy atom. The number of nitrogens with zero attached hydrogens (tertiary/aromatic N) is 4. The van der Waals surface area contributed by atoms with Gasteiger partial charge in [-0.2, -0.15) is 0 Å². The van der Waals surface area contributed by atoms with E-state index in [4.69, 9.17) is 4.42 Å². The van der Waals surface area contributed by atoms with Gasteiger partial charge in [-0.25, -0.2) is 9.97 Å². The van der Waals surface area contributed by atoms with Gasteiger partial charge in [0.1, 0.15) is 16.2 Å². The van der Waals surface area contributed by atoms with Crippen molar-refractivity contribution >= 4 is 46.0 Å². The maximum absolute atomic E-state index is 12.6. The van der Waals surface area contributed by atoms with Crippen LogP contribution in [0.1, 0.15) is 28.0 Å². The van der Waals surface area contributed by atoms with Crippen LogP contribution in [0.5, 0.6) is 0 Å². The molecule has 3 heterocycles. The van der Waals surface area contributed by atoms with Crippen LogP contribution in [0, 0.1) is 6.92 Å². The van der Waals surface area contributed by atoms with E-state index in [0.717, 1.165) is 21.7 Å². The van der Waals surface area contributed by atoms with Gasteiger partial charge in [0.2, 0.25) is 5.91 Å². The molecule has 2 aromatic heterocycles. The Bertz CT molecular complexity index is 1020. The van der Waals surface area contributed by atoms with Crippen LogP contribution < -0.4 is 0 Å². The van der Waals surface area contributed by atoms with Gasteiger partial charge in [-0.1, -0.05) is 17.8 Å². The molecule has 0 unspecified atom stereocenters. The van der Waals surface area contributed by atoms with Gasteiger partial charge in [0, 0.05) is 38.5 Å². The number of carbonyl (C=O) groups excluding carboxylic acids is 2. The van der Waals surface area contributed by atoms with Crippen molar-refractivity contribution in [2.24, 2.45) is 0 Å². The molecular weight excluding hydrogens is 396 g/mol. The van der Waals surface area contributed by atoms with E-state index < -0.39 is 0 Å². The molecule has 0 saturated carbocycles. The number of hydrogen-bond acceptors (Lipinski definition) is 7. The minimum absolute atomic E-state index is 0.0504. The first-order valence-corrected chi connectivity index (χ1v) is 10.9. The number of fused-ring (bicyclic) bond motifs is 1. The van der Waals surface area contributed by atoms with Gasteiger partial charge in [0.15, 0.2) is 5.58 Å². The fraction of sp³-hybridized carbons (Fsp3) is 0.368. The number of thioether (sulfide) groups is 1. The van der Waals surface area contributed by atoms with Crippen molar-refractivity contribution in [3.05, 3.63) is 39.8 Å². The van der Waals surface area contributed by atoms with Crippen LogP contribution in [0.2, 0.25) is 0 Å². The molecule has 0 aliphatic carbocycles. The molecule has 2 amide bonds. The molecule has 0 bridgehead atoms.